The summed E-state index contributed by atoms with van der Waals surface area (Å²) in [6.07, 6.45) is 4.10. The van der Waals surface area contributed by atoms with Gasteiger partial charge in [0.15, 0.2) is 11.7 Å². The molecule has 1 N–H and O–H groups in total. The summed E-state index contributed by atoms with van der Waals surface area (Å²) in [5, 5.41) is 3.41. The summed E-state index contributed by atoms with van der Waals surface area (Å²) >= 11 is 0. The average Bonchev–Trinajstić information content (AvgIpc) is 3.42. The summed E-state index contributed by atoms with van der Waals surface area (Å²) < 4.78 is 11.5. The Hall–Kier alpha value is -1.61. The van der Waals surface area contributed by atoms with Crippen LogP contribution in [0.4, 0.5) is 0 Å². The van der Waals surface area contributed by atoms with E-state index in [1.165, 1.54) is 6.42 Å². The van der Waals surface area contributed by atoms with Crippen LogP contribution in [0.3, 0.4) is 0 Å². The van der Waals surface area contributed by atoms with E-state index in [-0.39, 0.29) is 24.0 Å². The van der Waals surface area contributed by atoms with E-state index in [1.807, 2.05) is 30.3 Å². The first-order valence-electron chi connectivity index (χ1n) is 9.39. The molecule has 0 amide bonds. The molecule has 2 aliphatic heterocycles. The number of oxazole rings is 1. The summed E-state index contributed by atoms with van der Waals surface area (Å²) in [6.45, 7) is 7.19. The zero-order valence-electron chi connectivity index (χ0n) is 15.7. The molecule has 0 saturated carbocycles. The van der Waals surface area contributed by atoms with Crippen molar-refractivity contribution in [3.63, 3.8) is 0 Å². The smallest absolute Gasteiger partial charge is 0.216 e. The number of hydrogen-bond acceptors (Lipinski definition) is 4. The van der Waals surface area contributed by atoms with Gasteiger partial charge in [-0.25, -0.2) is 9.98 Å². The number of aromatic nitrogens is 1. The average molecular weight is 482 g/mol. The monoisotopic (exact) mass is 482 g/mol. The topological polar surface area (TPSA) is 62.9 Å². The van der Waals surface area contributed by atoms with Gasteiger partial charge in [-0.1, -0.05) is 30.3 Å². The minimum Gasteiger partial charge on any atom is -0.439 e. The molecular formula is C20H27IN4O2. The molecule has 0 aliphatic carbocycles. The Kier molecular flexibility index (Phi) is 6.75. The first-order chi connectivity index (χ1) is 12.8. The van der Waals surface area contributed by atoms with E-state index in [0.29, 0.717) is 17.9 Å². The predicted octanol–water partition coefficient (Wildman–Crippen LogP) is 3.54. The Morgan fingerprint density at radius 2 is 2.15 bits per heavy atom. The highest BCUT2D eigenvalue weighted by Gasteiger charge is 2.42. The molecule has 4 rings (SSSR count). The van der Waals surface area contributed by atoms with Crippen molar-refractivity contribution in [2.45, 2.75) is 26.3 Å². The molecule has 2 aromatic rings. The Bertz CT molecular complexity index is 756. The third kappa shape index (κ3) is 4.63. The maximum absolute atomic E-state index is 5.87. The Morgan fingerprint density at radius 1 is 1.30 bits per heavy atom. The van der Waals surface area contributed by atoms with Gasteiger partial charge < -0.3 is 19.4 Å². The molecule has 1 aromatic carbocycles. The van der Waals surface area contributed by atoms with E-state index in [9.17, 15) is 0 Å². The molecule has 3 heterocycles. The van der Waals surface area contributed by atoms with Crippen LogP contribution in [-0.4, -0.2) is 48.7 Å². The lowest BCUT2D eigenvalue weighted by molar-refractivity contribution is 0.156. The summed E-state index contributed by atoms with van der Waals surface area (Å²) in [5.41, 5.74) is 1.35. The third-order valence-corrected chi connectivity index (χ3v) is 5.23. The van der Waals surface area contributed by atoms with Gasteiger partial charge in [-0.15, -0.1) is 24.0 Å². The van der Waals surface area contributed by atoms with E-state index in [4.69, 9.17) is 14.1 Å². The Balaban J connectivity index is 0.00000210. The lowest BCUT2D eigenvalue weighted by atomic mass is 9.87. The molecule has 6 nitrogen and oxygen atoms in total. The summed E-state index contributed by atoms with van der Waals surface area (Å²) in [5.74, 6) is 2.36. The summed E-state index contributed by atoms with van der Waals surface area (Å²) in [6, 6.07) is 10.0. The van der Waals surface area contributed by atoms with Crippen molar-refractivity contribution >= 4 is 29.9 Å². The van der Waals surface area contributed by atoms with Crippen LogP contribution in [0.5, 0.6) is 0 Å². The number of aliphatic imine (C=N–C) groups is 1. The number of nitrogens with one attached hydrogen (secondary N) is 1. The van der Waals surface area contributed by atoms with E-state index in [2.05, 4.69) is 22.1 Å². The lowest BCUT2D eigenvalue weighted by Crippen LogP contribution is -2.41. The minimum absolute atomic E-state index is 0. The van der Waals surface area contributed by atoms with Crippen LogP contribution in [0.15, 0.2) is 45.9 Å². The molecule has 0 bridgehead atoms. The van der Waals surface area contributed by atoms with Gasteiger partial charge in [-0.05, 0) is 19.8 Å². The second kappa shape index (κ2) is 9.05. The molecule has 7 heteroatoms. The second-order valence-electron chi connectivity index (χ2n) is 7.13. The van der Waals surface area contributed by atoms with Gasteiger partial charge in [-0.2, -0.15) is 0 Å². The molecule has 2 fully saturated rings. The molecular weight excluding hydrogens is 455 g/mol. The van der Waals surface area contributed by atoms with E-state index in [0.717, 1.165) is 56.6 Å². The summed E-state index contributed by atoms with van der Waals surface area (Å²) in [4.78, 5) is 11.5. The van der Waals surface area contributed by atoms with Crippen molar-refractivity contribution in [2.75, 3.05) is 32.8 Å². The minimum atomic E-state index is 0. The van der Waals surface area contributed by atoms with Crippen LogP contribution in [-0.2, 0) is 11.3 Å². The van der Waals surface area contributed by atoms with Crippen molar-refractivity contribution in [2.24, 2.45) is 10.4 Å². The number of nitrogens with zero attached hydrogens (tertiary/aromatic N) is 3. The quantitative estimate of drug-likeness (QED) is 0.411. The Morgan fingerprint density at radius 3 is 2.89 bits per heavy atom. The van der Waals surface area contributed by atoms with Crippen LogP contribution < -0.4 is 5.32 Å². The fourth-order valence-corrected chi connectivity index (χ4v) is 3.77. The number of benzene rings is 1. The largest absolute Gasteiger partial charge is 0.439 e. The number of hydrogen-bond donors (Lipinski definition) is 1. The lowest BCUT2D eigenvalue weighted by Gasteiger charge is -2.24. The molecule has 27 heavy (non-hydrogen) atoms. The van der Waals surface area contributed by atoms with Crippen molar-refractivity contribution in [1.82, 2.24) is 15.2 Å². The van der Waals surface area contributed by atoms with Gasteiger partial charge in [0.25, 0.3) is 0 Å². The van der Waals surface area contributed by atoms with Gasteiger partial charge in [0.05, 0.1) is 12.8 Å². The van der Waals surface area contributed by atoms with Crippen molar-refractivity contribution < 1.29 is 9.15 Å². The first kappa shape index (κ1) is 20.1. The van der Waals surface area contributed by atoms with Crippen LogP contribution in [0.25, 0.3) is 11.3 Å². The molecule has 1 unspecified atom stereocenters. The highest BCUT2D eigenvalue weighted by molar-refractivity contribution is 14.0. The van der Waals surface area contributed by atoms with Gasteiger partial charge >= 0.3 is 0 Å². The normalized spacial score (nSPS) is 22.3. The van der Waals surface area contributed by atoms with Crippen LogP contribution in [0, 0.1) is 5.41 Å². The van der Waals surface area contributed by atoms with E-state index >= 15 is 0 Å². The Labute approximate surface area is 177 Å². The maximum Gasteiger partial charge on any atom is 0.216 e. The fraction of sp³-hybridized carbons (Fsp3) is 0.500. The van der Waals surface area contributed by atoms with Crippen molar-refractivity contribution in [3.05, 3.63) is 42.4 Å². The predicted molar refractivity (Wildman–Crippen MR) is 116 cm³/mol. The molecule has 1 spiro atoms. The zero-order chi connectivity index (χ0) is 17.8. The van der Waals surface area contributed by atoms with Gasteiger partial charge in [0, 0.05) is 37.2 Å². The molecule has 1 atom stereocenters. The fourth-order valence-electron chi connectivity index (χ4n) is 3.77. The SMILES string of the molecule is CCNC(=NCc1ncc(-c2ccccc2)o1)N1CCC2(CCOC2)C1.I. The zero-order valence-corrected chi connectivity index (χ0v) is 18.0. The highest BCUT2D eigenvalue weighted by atomic mass is 127. The molecule has 1 aromatic heterocycles. The molecule has 146 valence electrons. The molecule has 0 radical (unpaired) electrons. The van der Waals surface area contributed by atoms with Gasteiger partial charge in [0.1, 0.15) is 6.54 Å². The number of guanidine groups is 1. The highest BCUT2D eigenvalue weighted by Crippen LogP contribution is 2.38. The standard InChI is InChI=1S/C20H26N4O2.HI/c1-2-21-19(24-10-8-20(14-24)9-11-25-15-20)23-13-18-22-12-17(26-18)16-6-4-3-5-7-16;/h3-7,12H,2,8-11,13-15H2,1H3,(H,21,23);1H. The summed E-state index contributed by atoms with van der Waals surface area (Å²) in [7, 11) is 0. The van der Waals surface area contributed by atoms with Gasteiger partial charge in [-0.3, -0.25) is 0 Å². The second-order valence-corrected chi connectivity index (χ2v) is 7.13. The molecule has 2 aliphatic rings. The van der Waals surface area contributed by atoms with Crippen LogP contribution in [0.2, 0.25) is 0 Å². The van der Waals surface area contributed by atoms with Gasteiger partial charge in [0.2, 0.25) is 5.89 Å². The van der Waals surface area contributed by atoms with Crippen molar-refractivity contribution in [3.8, 4) is 11.3 Å². The number of rotatable bonds is 4. The third-order valence-electron chi connectivity index (χ3n) is 5.23. The number of ether oxygens (including phenoxy) is 1. The van der Waals surface area contributed by atoms with Crippen LogP contribution in [0.1, 0.15) is 25.7 Å². The van der Waals surface area contributed by atoms with E-state index in [1.54, 1.807) is 6.20 Å². The molecule has 2 saturated heterocycles. The number of halogens is 1. The van der Waals surface area contributed by atoms with E-state index < -0.39 is 0 Å². The first-order valence-corrected chi connectivity index (χ1v) is 9.39. The number of likely N-dealkylation sites (tertiary alicyclic amines) is 1. The van der Waals surface area contributed by atoms with Crippen LogP contribution >= 0.6 is 24.0 Å². The van der Waals surface area contributed by atoms with Crippen molar-refractivity contribution in [1.29, 1.82) is 0 Å². The maximum atomic E-state index is 5.87.